The lowest BCUT2D eigenvalue weighted by molar-refractivity contribution is 0.306. The van der Waals surface area contributed by atoms with E-state index in [1.165, 1.54) is 30.4 Å². The molecule has 1 aliphatic rings. The van der Waals surface area contributed by atoms with Gasteiger partial charge in [0, 0.05) is 17.5 Å². The van der Waals surface area contributed by atoms with Crippen LogP contribution in [0, 0.1) is 18.3 Å². The topological polar surface area (TPSA) is 61.9 Å². The molecule has 3 aromatic rings. The van der Waals surface area contributed by atoms with Crippen molar-refractivity contribution in [2.24, 2.45) is 0 Å². The van der Waals surface area contributed by atoms with Crippen molar-refractivity contribution >= 4 is 5.88 Å². The molecule has 4 heteroatoms. The fourth-order valence-electron chi connectivity index (χ4n) is 4.17. The number of oxazole rings is 1. The van der Waals surface area contributed by atoms with Crippen LogP contribution in [0.4, 0.5) is 5.88 Å². The number of nitrogens with zero attached hydrogens (tertiary/aromatic N) is 2. The summed E-state index contributed by atoms with van der Waals surface area (Å²) in [5.74, 6) is 0.950. The number of nitriles is 1. The van der Waals surface area contributed by atoms with Gasteiger partial charge in [0.15, 0.2) is 0 Å². The van der Waals surface area contributed by atoms with Crippen molar-refractivity contribution in [1.29, 1.82) is 5.26 Å². The molecule has 1 aromatic heterocycles. The van der Waals surface area contributed by atoms with E-state index < -0.39 is 0 Å². The predicted octanol–water partition coefficient (Wildman–Crippen LogP) is 5.84. The van der Waals surface area contributed by atoms with Crippen LogP contribution in [0.15, 0.2) is 59.0 Å². The molecule has 0 spiro atoms. The summed E-state index contributed by atoms with van der Waals surface area (Å²) in [5.41, 5.74) is 3.90. The molecule has 0 saturated heterocycles. The molecule has 0 unspecified atom stereocenters. The highest BCUT2D eigenvalue weighted by Gasteiger charge is 2.34. The molecule has 4 nitrogen and oxygen atoms in total. The summed E-state index contributed by atoms with van der Waals surface area (Å²) >= 11 is 0. The van der Waals surface area contributed by atoms with Crippen molar-refractivity contribution in [2.75, 3.05) is 11.9 Å². The summed E-state index contributed by atoms with van der Waals surface area (Å²) in [6.45, 7) is 2.86. The summed E-state index contributed by atoms with van der Waals surface area (Å²) in [7, 11) is 0. The average Bonchev–Trinajstić information content (AvgIpc) is 3.17. The minimum absolute atomic E-state index is 0.0678. The minimum Gasteiger partial charge on any atom is -0.419 e. The number of benzene rings is 2. The first-order valence-corrected chi connectivity index (χ1v) is 9.98. The molecular formula is C24H25N3O. The Balaban J connectivity index is 1.60. The van der Waals surface area contributed by atoms with Gasteiger partial charge in [-0.25, -0.2) is 0 Å². The Kier molecular flexibility index (Phi) is 5.16. The highest BCUT2D eigenvalue weighted by molar-refractivity contribution is 5.58. The number of aryl methyl sites for hydroxylation is 1. The van der Waals surface area contributed by atoms with E-state index in [0.29, 0.717) is 17.5 Å². The lowest BCUT2D eigenvalue weighted by Crippen LogP contribution is -2.36. The van der Waals surface area contributed by atoms with Gasteiger partial charge in [-0.3, -0.25) is 0 Å². The monoisotopic (exact) mass is 371 g/mol. The Labute approximate surface area is 166 Å². The van der Waals surface area contributed by atoms with Crippen LogP contribution < -0.4 is 5.32 Å². The third-order valence-electron chi connectivity index (χ3n) is 5.82. The summed E-state index contributed by atoms with van der Waals surface area (Å²) < 4.78 is 5.94. The lowest BCUT2D eigenvalue weighted by Gasteiger charge is -2.38. The fourth-order valence-corrected chi connectivity index (χ4v) is 4.17. The van der Waals surface area contributed by atoms with Crippen LogP contribution in [0.1, 0.15) is 48.9 Å². The second kappa shape index (κ2) is 7.90. The van der Waals surface area contributed by atoms with E-state index in [9.17, 15) is 5.26 Å². The molecule has 2 aromatic carbocycles. The summed E-state index contributed by atoms with van der Waals surface area (Å²) in [4.78, 5) is 4.38. The number of hydrogen-bond acceptors (Lipinski definition) is 4. The van der Waals surface area contributed by atoms with Gasteiger partial charge in [0.2, 0.25) is 17.5 Å². The van der Waals surface area contributed by atoms with Crippen molar-refractivity contribution in [3.8, 4) is 17.5 Å². The van der Waals surface area contributed by atoms with Crippen LogP contribution in [0.5, 0.6) is 0 Å². The molecule has 0 amide bonds. The first-order chi connectivity index (χ1) is 13.7. The Bertz CT molecular complexity index is 961. The zero-order chi connectivity index (χ0) is 19.4. The Hall–Kier alpha value is -3.06. The van der Waals surface area contributed by atoms with Gasteiger partial charge in [0.1, 0.15) is 6.07 Å². The van der Waals surface area contributed by atoms with E-state index in [1.807, 2.05) is 30.3 Å². The zero-order valence-corrected chi connectivity index (χ0v) is 16.2. The maximum atomic E-state index is 9.51. The fraction of sp³-hybridized carbons (Fsp3) is 0.333. The average molecular weight is 371 g/mol. The van der Waals surface area contributed by atoms with E-state index in [4.69, 9.17) is 4.42 Å². The number of aromatic nitrogens is 1. The third-order valence-corrected chi connectivity index (χ3v) is 5.82. The van der Waals surface area contributed by atoms with Crippen molar-refractivity contribution in [2.45, 2.75) is 44.4 Å². The molecule has 0 radical (unpaired) electrons. The highest BCUT2D eigenvalue weighted by atomic mass is 16.4. The number of hydrogen-bond donors (Lipinski definition) is 1. The molecule has 1 saturated carbocycles. The first-order valence-electron chi connectivity index (χ1n) is 9.98. The van der Waals surface area contributed by atoms with Gasteiger partial charge in [-0.1, -0.05) is 67.3 Å². The molecule has 0 bridgehead atoms. The molecular weight excluding hydrogens is 346 g/mol. The molecule has 1 aliphatic carbocycles. The van der Waals surface area contributed by atoms with E-state index in [1.54, 1.807) is 0 Å². The van der Waals surface area contributed by atoms with Crippen LogP contribution in [-0.4, -0.2) is 11.5 Å². The third kappa shape index (κ3) is 3.66. The molecule has 1 fully saturated rings. The predicted molar refractivity (Wildman–Crippen MR) is 111 cm³/mol. The second-order valence-corrected chi connectivity index (χ2v) is 7.74. The Morgan fingerprint density at radius 2 is 1.75 bits per heavy atom. The minimum atomic E-state index is 0.0678. The standard InChI is InChI=1S/C24H25N3O/c1-18-10-12-20(13-11-18)24(14-6-3-7-15-24)17-26-23-21(16-25)27-22(28-23)19-8-4-2-5-9-19/h2,4-5,8-13,26H,3,6-7,14-15,17H2,1H3. The zero-order valence-electron chi connectivity index (χ0n) is 16.2. The van der Waals surface area contributed by atoms with Crippen molar-refractivity contribution in [3.63, 3.8) is 0 Å². The van der Waals surface area contributed by atoms with Crippen LogP contribution >= 0.6 is 0 Å². The maximum Gasteiger partial charge on any atom is 0.232 e. The van der Waals surface area contributed by atoms with Crippen molar-refractivity contribution in [3.05, 3.63) is 71.4 Å². The number of nitrogens with one attached hydrogen (secondary N) is 1. The molecule has 1 heterocycles. The molecule has 0 atom stereocenters. The maximum absolute atomic E-state index is 9.51. The van der Waals surface area contributed by atoms with Crippen LogP contribution in [-0.2, 0) is 5.41 Å². The second-order valence-electron chi connectivity index (χ2n) is 7.74. The first kappa shape index (κ1) is 18.3. The molecule has 0 aliphatic heterocycles. The van der Waals surface area contributed by atoms with E-state index in [2.05, 4.69) is 47.6 Å². The summed E-state index contributed by atoms with van der Waals surface area (Å²) in [6.07, 6.45) is 6.03. The quantitative estimate of drug-likeness (QED) is 0.612. The van der Waals surface area contributed by atoms with E-state index >= 15 is 0 Å². The van der Waals surface area contributed by atoms with Gasteiger partial charge in [0.05, 0.1) is 0 Å². The van der Waals surface area contributed by atoms with Gasteiger partial charge in [0.25, 0.3) is 0 Å². The molecule has 1 N–H and O–H groups in total. The summed E-state index contributed by atoms with van der Waals surface area (Å²) in [5, 5.41) is 12.9. The SMILES string of the molecule is Cc1ccc(C2(CNc3oc(-c4ccccc4)nc3C#N)CCCCC2)cc1. The van der Waals surface area contributed by atoms with Gasteiger partial charge >= 0.3 is 0 Å². The van der Waals surface area contributed by atoms with Crippen LogP contribution in [0.2, 0.25) is 0 Å². The molecule has 4 rings (SSSR count). The van der Waals surface area contributed by atoms with Gasteiger partial charge in [-0.15, -0.1) is 0 Å². The normalized spacial score (nSPS) is 15.7. The van der Waals surface area contributed by atoms with Crippen LogP contribution in [0.25, 0.3) is 11.5 Å². The van der Waals surface area contributed by atoms with Crippen molar-refractivity contribution < 1.29 is 4.42 Å². The van der Waals surface area contributed by atoms with E-state index in [0.717, 1.165) is 24.9 Å². The highest BCUT2D eigenvalue weighted by Crippen LogP contribution is 2.40. The number of anilines is 1. The largest absolute Gasteiger partial charge is 0.419 e. The van der Waals surface area contributed by atoms with Gasteiger partial charge in [-0.05, 0) is 37.5 Å². The van der Waals surface area contributed by atoms with Crippen molar-refractivity contribution in [1.82, 2.24) is 4.98 Å². The Morgan fingerprint density at radius 3 is 2.43 bits per heavy atom. The lowest BCUT2D eigenvalue weighted by atomic mass is 9.69. The van der Waals surface area contributed by atoms with E-state index in [-0.39, 0.29) is 5.41 Å². The molecule has 28 heavy (non-hydrogen) atoms. The van der Waals surface area contributed by atoms with Gasteiger partial charge < -0.3 is 9.73 Å². The Morgan fingerprint density at radius 1 is 1.04 bits per heavy atom. The molecule has 142 valence electrons. The van der Waals surface area contributed by atoms with Gasteiger partial charge in [-0.2, -0.15) is 10.2 Å². The number of rotatable bonds is 5. The van der Waals surface area contributed by atoms with Crippen LogP contribution in [0.3, 0.4) is 0 Å². The summed E-state index contributed by atoms with van der Waals surface area (Å²) in [6, 6.07) is 20.7. The smallest absolute Gasteiger partial charge is 0.232 e.